The van der Waals surface area contributed by atoms with Gasteiger partial charge in [-0.3, -0.25) is 14.5 Å². The third kappa shape index (κ3) is 4.32. The van der Waals surface area contributed by atoms with Crippen molar-refractivity contribution < 1.29 is 14.7 Å². The number of piperidine rings is 1. The average molecular weight is 318 g/mol. The first-order chi connectivity index (χ1) is 10.8. The second-order valence-electron chi connectivity index (χ2n) is 6.81. The first kappa shape index (κ1) is 17.5. The summed E-state index contributed by atoms with van der Waals surface area (Å²) in [6.45, 7) is 9.02. The fraction of sp³-hybridized carbons (Fsp3) is 0.556. The van der Waals surface area contributed by atoms with Crippen LogP contribution in [0.3, 0.4) is 0 Å². The quantitative estimate of drug-likeness (QED) is 0.895. The number of benzene rings is 1. The largest absolute Gasteiger partial charge is 0.481 e. The van der Waals surface area contributed by atoms with E-state index in [9.17, 15) is 14.7 Å². The van der Waals surface area contributed by atoms with E-state index in [4.69, 9.17) is 0 Å². The number of carboxylic acid groups (broad SMARTS) is 1. The molecule has 0 aliphatic carbocycles. The van der Waals surface area contributed by atoms with Crippen molar-refractivity contribution in [1.82, 2.24) is 4.90 Å². The summed E-state index contributed by atoms with van der Waals surface area (Å²) < 4.78 is 0. The molecule has 0 saturated carbocycles. The molecule has 1 heterocycles. The van der Waals surface area contributed by atoms with Crippen LogP contribution in [0, 0.1) is 25.7 Å². The minimum atomic E-state index is -0.774. The molecule has 1 aromatic carbocycles. The Morgan fingerprint density at radius 3 is 2.65 bits per heavy atom. The highest BCUT2D eigenvalue weighted by Gasteiger charge is 2.33. The maximum Gasteiger partial charge on any atom is 0.307 e. The topological polar surface area (TPSA) is 69.6 Å². The van der Waals surface area contributed by atoms with Gasteiger partial charge in [-0.05, 0) is 50.3 Å². The van der Waals surface area contributed by atoms with Crippen LogP contribution in [-0.2, 0) is 9.59 Å². The summed E-state index contributed by atoms with van der Waals surface area (Å²) in [5.41, 5.74) is 2.93. The van der Waals surface area contributed by atoms with Crippen LogP contribution in [0.1, 0.15) is 31.4 Å². The number of amides is 1. The third-order valence-electron chi connectivity index (χ3n) is 4.62. The van der Waals surface area contributed by atoms with Gasteiger partial charge in [-0.15, -0.1) is 0 Å². The normalized spacial score (nSPS) is 23.3. The number of hydrogen-bond acceptors (Lipinski definition) is 3. The zero-order valence-corrected chi connectivity index (χ0v) is 14.3. The molecule has 5 nitrogen and oxygen atoms in total. The molecule has 2 rings (SSSR count). The minimum Gasteiger partial charge on any atom is -0.481 e. The third-order valence-corrected chi connectivity index (χ3v) is 4.62. The molecule has 0 spiro atoms. The summed E-state index contributed by atoms with van der Waals surface area (Å²) in [6, 6.07) is 5.61. The lowest BCUT2D eigenvalue weighted by Crippen LogP contribution is -2.50. The maximum absolute atomic E-state index is 12.6. The Bertz CT molecular complexity index is 600. The fourth-order valence-electron chi connectivity index (χ4n) is 3.16. The van der Waals surface area contributed by atoms with Crippen molar-refractivity contribution in [1.29, 1.82) is 0 Å². The minimum absolute atomic E-state index is 0.0862. The lowest BCUT2D eigenvalue weighted by molar-refractivity contribution is -0.145. The summed E-state index contributed by atoms with van der Waals surface area (Å²) in [4.78, 5) is 25.8. The number of nitrogens with one attached hydrogen (secondary N) is 1. The molecule has 1 aromatic rings. The predicted molar refractivity (Wildman–Crippen MR) is 90.5 cm³/mol. The first-order valence-electron chi connectivity index (χ1n) is 8.13. The maximum atomic E-state index is 12.6. The molecule has 0 aromatic heterocycles. The van der Waals surface area contributed by atoms with Crippen LogP contribution in [0.2, 0.25) is 0 Å². The number of nitrogens with zero attached hydrogens (tertiary/aromatic N) is 1. The number of rotatable bonds is 4. The van der Waals surface area contributed by atoms with Crippen LogP contribution in [0.4, 0.5) is 5.69 Å². The molecular weight excluding hydrogens is 292 g/mol. The molecule has 1 aliphatic heterocycles. The molecule has 2 N–H and O–H groups in total. The second kappa shape index (κ2) is 7.13. The first-order valence-corrected chi connectivity index (χ1v) is 8.13. The molecule has 3 atom stereocenters. The van der Waals surface area contributed by atoms with Gasteiger partial charge in [-0.1, -0.05) is 19.1 Å². The Balaban J connectivity index is 2.06. The smallest absolute Gasteiger partial charge is 0.307 e. The van der Waals surface area contributed by atoms with Gasteiger partial charge in [0, 0.05) is 18.8 Å². The molecule has 0 bridgehead atoms. The highest BCUT2D eigenvalue weighted by atomic mass is 16.4. The summed E-state index contributed by atoms with van der Waals surface area (Å²) in [5.74, 6) is -0.976. The van der Waals surface area contributed by atoms with Crippen LogP contribution in [-0.4, -0.2) is 41.0 Å². The van der Waals surface area contributed by atoms with Crippen molar-refractivity contribution in [3.63, 3.8) is 0 Å². The van der Waals surface area contributed by atoms with Gasteiger partial charge in [-0.2, -0.15) is 0 Å². The van der Waals surface area contributed by atoms with Gasteiger partial charge in [0.15, 0.2) is 0 Å². The zero-order valence-electron chi connectivity index (χ0n) is 14.3. The summed E-state index contributed by atoms with van der Waals surface area (Å²) in [5, 5.41) is 12.2. The number of carbonyl (C=O) groups excluding carboxylic acids is 1. The number of anilines is 1. The summed E-state index contributed by atoms with van der Waals surface area (Å²) in [7, 11) is 0. The Morgan fingerprint density at radius 1 is 1.30 bits per heavy atom. The van der Waals surface area contributed by atoms with E-state index in [1.165, 1.54) is 0 Å². The van der Waals surface area contributed by atoms with E-state index in [-0.39, 0.29) is 17.9 Å². The molecule has 23 heavy (non-hydrogen) atoms. The summed E-state index contributed by atoms with van der Waals surface area (Å²) in [6.07, 6.45) is 0.678. The van der Waals surface area contributed by atoms with Gasteiger partial charge < -0.3 is 10.4 Å². The van der Waals surface area contributed by atoms with Gasteiger partial charge in [-0.25, -0.2) is 0 Å². The highest BCUT2D eigenvalue weighted by Crippen LogP contribution is 2.24. The number of hydrogen-bond donors (Lipinski definition) is 2. The van der Waals surface area contributed by atoms with Crippen molar-refractivity contribution in [2.24, 2.45) is 11.8 Å². The van der Waals surface area contributed by atoms with Crippen molar-refractivity contribution in [3.05, 3.63) is 29.3 Å². The fourth-order valence-corrected chi connectivity index (χ4v) is 3.16. The van der Waals surface area contributed by atoms with Crippen molar-refractivity contribution in [2.45, 2.75) is 40.2 Å². The molecule has 126 valence electrons. The SMILES string of the molecule is Cc1ccc(C)c(NC(=O)C(C)N2CC(C)CC(C(=O)O)C2)c1. The lowest BCUT2D eigenvalue weighted by Gasteiger charge is -2.37. The number of aliphatic carboxylic acids is 1. The Kier molecular flexibility index (Phi) is 5.42. The monoisotopic (exact) mass is 318 g/mol. The van der Waals surface area contributed by atoms with Crippen molar-refractivity contribution in [3.8, 4) is 0 Å². The summed E-state index contributed by atoms with van der Waals surface area (Å²) >= 11 is 0. The Morgan fingerprint density at radius 2 is 2.00 bits per heavy atom. The van der Waals surface area contributed by atoms with Crippen LogP contribution >= 0.6 is 0 Å². The van der Waals surface area contributed by atoms with Gasteiger partial charge >= 0.3 is 5.97 Å². The van der Waals surface area contributed by atoms with Crippen LogP contribution in [0.25, 0.3) is 0 Å². The van der Waals surface area contributed by atoms with Crippen molar-refractivity contribution >= 4 is 17.6 Å². The molecule has 1 amide bonds. The van der Waals surface area contributed by atoms with Crippen molar-refractivity contribution in [2.75, 3.05) is 18.4 Å². The highest BCUT2D eigenvalue weighted by molar-refractivity contribution is 5.95. The van der Waals surface area contributed by atoms with Gasteiger partial charge in [0.1, 0.15) is 0 Å². The standard InChI is InChI=1S/C18H26N2O3/c1-11-5-6-13(3)16(8-11)19-17(21)14(4)20-9-12(2)7-15(10-20)18(22)23/h5-6,8,12,14-15H,7,9-10H2,1-4H3,(H,19,21)(H,22,23). The number of aryl methyl sites for hydroxylation is 2. The van der Waals surface area contributed by atoms with Crippen LogP contribution < -0.4 is 5.32 Å². The Hall–Kier alpha value is -1.88. The van der Waals surface area contributed by atoms with Gasteiger partial charge in [0.25, 0.3) is 0 Å². The number of likely N-dealkylation sites (tertiary alicyclic amines) is 1. The van der Waals surface area contributed by atoms with E-state index in [1.54, 1.807) is 0 Å². The van der Waals surface area contributed by atoms with E-state index >= 15 is 0 Å². The van der Waals surface area contributed by atoms with E-state index in [0.717, 1.165) is 23.4 Å². The zero-order chi connectivity index (χ0) is 17.1. The molecule has 5 heteroatoms. The van der Waals surface area contributed by atoms with Gasteiger partial charge in [0.2, 0.25) is 5.91 Å². The van der Waals surface area contributed by atoms with Crippen LogP contribution in [0.5, 0.6) is 0 Å². The second-order valence-corrected chi connectivity index (χ2v) is 6.81. The lowest BCUT2D eigenvalue weighted by atomic mass is 9.89. The predicted octanol–water partition coefficient (Wildman–Crippen LogP) is 2.67. The molecular formula is C18H26N2O3. The van der Waals surface area contributed by atoms with E-state index in [0.29, 0.717) is 13.0 Å². The molecule has 1 fully saturated rings. The molecule has 1 saturated heterocycles. The number of carboxylic acids is 1. The van der Waals surface area contributed by atoms with E-state index in [2.05, 4.69) is 5.32 Å². The van der Waals surface area contributed by atoms with E-state index in [1.807, 2.05) is 50.8 Å². The molecule has 1 aliphatic rings. The Labute approximate surface area is 137 Å². The molecule has 3 unspecified atom stereocenters. The number of carbonyl (C=O) groups is 2. The van der Waals surface area contributed by atoms with Gasteiger partial charge in [0.05, 0.1) is 12.0 Å². The van der Waals surface area contributed by atoms with Crippen LogP contribution in [0.15, 0.2) is 18.2 Å². The average Bonchev–Trinajstić information content (AvgIpc) is 2.49. The van der Waals surface area contributed by atoms with E-state index < -0.39 is 11.9 Å². The molecule has 0 radical (unpaired) electrons.